The molecule has 0 radical (unpaired) electrons. The first kappa shape index (κ1) is 13.8. The van der Waals surface area contributed by atoms with E-state index in [-0.39, 0.29) is 12.1 Å². The fraction of sp³-hybridized carbons (Fsp3) is 0.917. The van der Waals surface area contributed by atoms with Gasteiger partial charge in [0.2, 0.25) is 5.91 Å². The van der Waals surface area contributed by atoms with Crippen molar-refractivity contribution in [1.82, 2.24) is 10.2 Å². The van der Waals surface area contributed by atoms with Crippen LogP contribution >= 0.6 is 11.8 Å². The Kier molecular flexibility index (Phi) is 5.62. The zero-order chi connectivity index (χ0) is 12.1. The summed E-state index contributed by atoms with van der Waals surface area (Å²) in [7, 11) is 0. The van der Waals surface area contributed by atoms with Gasteiger partial charge in [-0.05, 0) is 25.0 Å². The molecule has 0 aliphatic carbocycles. The van der Waals surface area contributed by atoms with Crippen molar-refractivity contribution in [2.45, 2.75) is 45.8 Å². The number of amides is 1. The zero-order valence-corrected chi connectivity index (χ0v) is 11.6. The summed E-state index contributed by atoms with van der Waals surface area (Å²) in [4.78, 5) is 14.0. The molecule has 0 bridgehead atoms. The van der Waals surface area contributed by atoms with Crippen LogP contribution in [0.25, 0.3) is 0 Å². The highest BCUT2D eigenvalue weighted by Gasteiger charge is 2.34. The van der Waals surface area contributed by atoms with Crippen molar-refractivity contribution in [3.8, 4) is 0 Å². The molecular weight excluding hydrogens is 220 g/mol. The minimum absolute atomic E-state index is 0.254. The summed E-state index contributed by atoms with van der Waals surface area (Å²) in [5.41, 5.74) is 0. The monoisotopic (exact) mass is 244 g/mol. The van der Waals surface area contributed by atoms with Crippen molar-refractivity contribution >= 4 is 17.7 Å². The van der Waals surface area contributed by atoms with Gasteiger partial charge in [0.05, 0.1) is 12.7 Å². The number of rotatable bonds is 6. The number of hydrogen-bond acceptors (Lipinski definition) is 3. The second kappa shape index (κ2) is 6.50. The van der Waals surface area contributed by atoms with E-state index in [0.717, 1.165) is 18.6 Å². The van der Waals surface area contributed by atoms with E-state index in [0.29, 0.717) is 18.5 Å². The molecule has 0 aromatic heterocycles. The smallest absolute Gasteiger partial charge is 0.238 e. The van der Waals surface area contributed by atoms with Crippen molar-refractivity contribution in [1.29, 1.82) is 0 Å². The zero-order valence-electron chi connectivity index (χ0n) is 10.8. The Bertz CT molecular complexity index is 233. The standard InChI is InChI=1S/C12H24N2OS/c1-5-10(8-16-4)14-11(6-9(2)3)13-7-12(14)15/h9-11,13H,5-8H2,1-4H3. The molecule has 1 fully saturated rings. The summed E-state index contributed by atoms with van der Waals surface area (Å²) in [6.07, 6.45) is 4.46. The van der Waals surface area contributed by atoms with Crippen LogP contribution in [0.2, 0.25) is 0 Å². The van der Waals surface area contributed by atoms with Crippen molar-refractivity contribution in [2.75, 3.05) is 18.6 Å². The number of nitrogens with zero attached hydrogens (tertiary/aromatic N) is 1. The van der Waals surface area contributed by atoms with Gasteiger partial charge in [-0.1, -0.05) is 20.8 Å². The van der Waals surface area contributed by atoms with Gasteiger partial charge in [-0.15, -0.1) is 0 Å². The highest BCUT2D eigenvalue weighted by atomic mass is 32.2. The van der Waals surface area contributed by atoms with Crippen molar-refractivity contribution in [3.63, 3.8) is 0 Å². The van der Waals surface area contributed by atoms with Gasteiger partial charge in [-0.25, -0.2) is 0 Å². The summed E-state index contributed by atoms with van der Waals surface area (Å²) in [6.45, 7) is 7.09. The van der Waals surface area contributed by atoms with E-state index in [4.69, 9.17) is 0 Å². The van der Waals surface area contributed by atoms with Crippen LogP contribution in [0.5, 0.6) is 0 Å². The normalized spacial score (nSPS) is 23.2. The maximum atomic E-state index is 11.9. The average Bonchev–Trinajstić information content (AvgIpc) is 2.56. The van der Waals surface area contributed by atoms with Gasteiger partial charge in [-0.3, -0.25) is 10.1 Å². The number of thioether (sulfide) groups is 1. The van der Waals surface area contributed by atoms with Gasteiger partial charge >= 0.3 is 0 Å². The Balaban J connectivity index is 2.67. The van der Waals surface area contributed by atoms with Crippen LogP contribution < -0.4 is 5.32 Å². The molecule has 1 saturated heterocycles. The van der Waals surface area contributed by atoms with Crippen LogP contribution in [0.3, 0.4) is 0 Å². The van der Waals surface area contributed by atoms with Crippen molar-refractivity contribution < 1.29 is 4.79 Å². The van der Waals surface area contributed by atoms with Crippen LogP contribution in [0.1, 0.15) is 33.6 Å². The lowest BCUT2D eigenvalue weighted by Gasteiger charge is -2.32. The summed E-state index contributed by atoms with van der Waals surface area (Å²) < 4.78 is 0. The van der Waals surface area contributed by atoms with Gasteiger partial charge in [0.25, 0.3) is 0 Å². The quantitative estimate of drug-likeness (QED) is 0.775. The molecule has 16 heavy (non-hydrogen) atoms. The first-order chi connectivity index (χ1) is 7.60. The second-order valence-corrected chi connectivity index (χ2v) is 5.76. The third kappa shape index (κ3) is 3.39. The lowest BCUT2D eigenvalue weighted by molar-refractivity contribution is -0.130. The Labute approximate surface area is 103 Å². The van der Waals surface area contributed by atoms with Gasteiger partial charge in [-0.2, -0.15) is 11.8 Å². The highest BCUT2D eigenvalue weighted by molar-refractivity contribution is 7.98. The summed E-state index contributed by atoms with van der Waals surface area (Å²) in [5, 5.41) is 3.33. The molecule has 1 aliphatic rings. The topological polar surface area (TPSA) is 32.3 Å². The third-order valence-electron chi connectivity index (χ3n) is 3.03. The molecule has 2 atom stereocenters. The van der Waals surface area contributed by atoms with E-state index in [9.17, 15) is 4.79 Å². The van der Waals surface area contributed by atoms with E-state index >= 15 is 0 Å². The lowest BCUT2D eigenvalue weighted by atomic mass is 10.1. The van der Waals surface area contributed by atoms with Crippen molar-refractivity contribution in [2.24, 2.45) is 5.92 Å². The molecule has 0 aromatic rings. The van der Waals surface area contributed by atoms with Crippen molar-refractivity contribution in [3.05, 3.63) is 0 Å². The Morgan fingerprint density at radius 3 is 2.75 bits per heavy atom. The Morgan fingerprint density at radius 1 is 1.56 bits per heavy atom. The van der Waals surface area contributed by atoms with E-state index in [1.807, 2.05) is 11.8 Å². The summed E-state index contributed by atoms with van der Waals surface area (Å²) in [6, 6.07) is 0.390. The van der Waals surface area contributed by atoms with Gasteiger partial charge in [0.15, 0.2) is 0 Å². The Morgan fingerprint density at radius 2 is 2.25 bits per heavy atom. The number of nitrogens with one attached hydrogen (secondary N) is 1. The molecule has 1 amide bonds. The fourth-order valence-electron chi connectivity index (χ4n) is 2.26. The molecule has 1 aliphatic heterocycles. The third-order valence-corrected chi connectivity index (χ3v) is 3.75. The predicted molar refractivity (Wildman–Crippen MR) is 70.6 cm³/mol. The molecule has 1 heterocycles. The fourth-order valence-corrected chi connectivity index (χ4v) is 3.04. The van der Waals surface area contributed by atoms with Gasteiger partial charge < -0.3 is 4.90 Å². The van der Waals surface area contributed by atoms with E-state index < -0.39 is 0 Å². The SMILES string of the molecule is CCC(CSC)N1C(=O)CNC1CC(C)C. The maximum Gasteiger partial charge on any atom is 0.238 e. The largest absolute Gasteiger partial charge is 0.322 e. The van der Waals surface area contributed by atoms with Crippen LogP contribution in [-0.4, -0.2) is 41.6 Å². The molecule has 94 valence electrons. The number of carbonyl (C=O) groups is 1. The van der Waals surface area contributed by atoms with Crippen LogP contribution in [0.4, 0.5) is 0 Å². The summed E-state index contributed by atoms with van der Waals surface area (Å²) >= 11 is 1.82. The van der Waals surface area contributed by atoms with Crippen LogP contribution in [0, 0.1) is 5.92 Å². The molecule has 2 unspecified atom stereocenters. The molecular formula is C12H24N2OS. The Hall–Kier alpha value is -0.220. The molecule has 0 aromatic carbocycles. The molecule has 1 N–H and O–H groups in total. The van der Waals surface area contributed by atoms with Gasteiger partial charge in [0, 0.05) is 11.8 Å². The molecule has 0 saturated carbocycles. The first-order valence-corrected chi connectivity index (χ1v) is 7.53. The maximum absolute atomic E-state index is 11.9. The summed E-state index contributed by atoms with van der Waals surface area (Å²) in [5.74, 6) is 1.93. The second-order valence-electron chi connectivity index (χ2n) is 4.84. The minimum atomic E-state index is 0.254. The molecule has 4 heteroatoms. The van der Waals surface area contributed by atoms with E-state index in [1.54, 1.807) is 0 Å². The number of hydrogen-bond donors (Lipinski definition) is 1. The number of carbonyl (C=O) groups excluding carboxylic acids is 1. The minimum Gasteiger partial charge on any atom is -0.322 e. The average molecular weight is 244 g/mol. The molecule has 0 spiro atoms. The highest BCUT2D eigenvalue weighted by Crippen LogP contribution is 2.20. The molecule has 3 nitrogen and oxygen atoms in total. The first-order valence-electron chi connectivity index (χ1n) is 6.13. The van der Waals surface area contributed by atoms with E-state index in [2.05, 4.69) is 37.2 Å². The van der Waals surface area contributed by atoms with Crippen LogP contribution in [-0.2, 0) is 4.79 Å². The van der Waals surface area contributed by atoms with Crippen LogP contribution in [0.15, 0.2) is 0 Å². The van der Waals surface area contributed by atoms with Gasteiger partial charge in [0.1, 0.15) is 0 Å². The molecule has 1 rings (SSSR count). The van der Waals surface area contributed by atoms with E-state index in [1.165, 1.54) is 0 Å². The lowest BCUT2D eigenvalue weighted by Crippen LogP contribution is -2.46. The predicted octanol–water partition coefficient (Wildman–Crippen LogP) is 1.93.